The topological polar surface area (TPSA) is 102 Å². The summed E-state index contributed by atoms with van der Waals surface area (Å²) in [4.78, 5) is 36.3. The molecule has 2 aromatic carbocycles. The number of nitro benzene ring substituents is 1. The van der Waals surface area contributed by atoms with Crippen LogP contribution in [0.25, 0.3) is 0 Å². The van der Waals surface area contributed by atoms with Crippen LogP contribution >= 0.6 is 0 Å². The number of benzene rings is 2. The summed E-state index contributed by atoms with van der Waals surface area (Å²) in [5.41, 5.74) is 0.167. The van der Waals surface area contributed by atoms with Gasteiger partial charge in [0.05, 0.1) is 10.6 Å². The van der Waals surface area contributed by atoms with Crippen molar-refractivity contribution in [2.75, 3.05) is 11.9 Å². The number of hydrogen-bond donors (Lipinski definition) is 1. The number of halogens is 1. The van der Waals surface area contributed by atoms with Gasteiger partial charge in [-0.15, -0.1) is 0 Å². The van der Waals surface area contributed by atoms with Gasteiger partial charge in [-0.3, -0.25) is 19.8 Å². The molecule has 3 rings (SSSR count). The van der Waals surface area contributed by atoms with E-state index in [9.17, 15) is 24.1 Å². The molecule has 1 aliphatic heterocycles. The highest BCUT2D eigenvalue weighted by atomic mass is 19.1. The van der Waals surface area contributed by atoms with Crippen LogP contribution in [0.3, 0.4) is 0 Å². The molecule has 0 aromatic heterocycles. The Labute approximate surface area is 160 Å². The molecule has 2 amide bonds. The summed E-state index contributed by atoms with van der Waals surface area (Å²) in [6, 6.07) is 11.1. The molecule has 2 aromatic rings. The lowest BCUT2D eigenvalue weighted by Crippen LogP contribution is -2.43. The summed E-state index contributed by atoms with van der Waals surface area (Å²) >= 11 is 0. The van der Waals surface area contributed by atoms with Crippen molar-refractivity contribution in [1.29, 1.82) is 0 Å². The maximum Gasteiger partial charge on any atom is 0.410 e. The van der Waals surface area contributed by atoms with Gasteiger partial charge in [-0.1, -0.05) is 30.3 Å². The molecule has 0 unspecified atom stereocenters. The van der Waals surface area contributed by atoms with Crippen molar-refractivity contribution in [1.82, 2.24) is 4.90 Å². The largest absolute Gasteiger partial charge is 0.445 e. The van der Waals surface area contributed by atoms with Crippen LogP contribution in [0, 0.1) is 15.9 Å². The van der Waals surface area contributed by atoms with Crippen molar-refractivity contribution in [3.63, 3.8) is 0 Å². The molecule has 0 bridgehead atoms. The Morgan fingerprint density at radius 1 is 1.25 bits per heavy atom. The fourth-order valence-corrected chi connectivity index (χ4v) is 3.00. The number of rotatable bonds is 5. The molecule has 28 heavy (non-hydrogen) atoms. The Morgan fingerprint density at radius 2 is 2.00 bits per heavy atom. The number of non-ortho nitro benzene ring substituents is 1. The smallest absolute Gasteiger partial charge is 0.410 e. The predicted molar refractivity (Wildman–Crippen MR) is 98.0 cm³/mol. The summed E-state index contributed by atoms with van der Waals surface area (Å²) in [5.74, 6) is -1.41. The molecule has 0 aliphatic carbocycles. The third-order valence-electron chi connectivity index (χ3n) is 4.41. The molecule has 1 aliphatic rings. The van der Waals surface area contributed by atoms with E-state index in [1.165, 1.54) is 4.90 Å². The predicted octanol–water partition coefficient (Wildman–Crippen LogP) is 3.47. The second-order valence-electron chi connectivity index (χ2n) is 6.30. The van der Waals surface area contributed by atoms with Crippen LogP contribution in [0.4, 0.5) is 20.6 Å². The summed E-state index contributed by atoms with van der Waals surface area (Å²) in [6.07, 6.45) is 0.347. The highest BCUT2D eigenvalue weighted by Crippen LogP contribution is 2.24. The monoisotopic (exact) mass is 387 g/mol. The van der Waals surface area contributed by atoms with Gasteiger partial charge in [0, 0.05) is 18.7 Å². The quantitative estimate of drug-likeness (QED) is 0.625. The molecule has 1 saturated heterocycles. The summed E-state index contributed by atoms with van der Waals surface area (Å²) < 4.78 is 19.2. The minimum absolute atomic E-state index is 0.0734. The first-order chi connectivity index (χ1) is 13.5. The number of ether oxygens (including phenoxy) is 1. The maximum atomic E-state index is 13.9. The normalized spacial score (nSPS) is 15.9. The van der Waals surface area contributed by atoms with Gasteiger partial charge in [-0.2, -0.15) is 0 Å². The first-order valence-corrected chi connectivity index (χ1v) is 8.68. The zero-order valence-electron chi connectivity index (χ0n) is 14.8. The molecule has 0 radical (unpaired) electrons. The third kappa shape index (κ3) is 4.43. The van der Waals surface area contributed by atoms with Crippen molar-refractivity contribution in [2.45, 2.75) is 25.5 Å². The van der Waals surface area contributed by atoms with E-state index in [1.54, 1.807) is 0 Å². The van der Waals surface area contributed by atoms with E-state index in [-0.39, 0.29) is 18.0 Å². The van der Waals surface area contributed by atoms with Gasteiger partial charge in [-0.25, -0.2) is 9.18 Å². The fraction of sp³-hybridized carbons (Fsp3) is 0.263. The molecular formula is C19H18FN3O5. The minimum atomic E-state index is -0.832. The van der Waals surface area contributed by atoms with Crippen LogP contribution in [-0.4, -0.2) is 34.4 Å². The average molecular weight is 387 g/mol. The molecule has 0 spiro atoms. The van der Waals surface area contributed by atoms with Crippen LogP contribution in [0.1, 0.15) is 18.4 Å². The second-order valence-corrected chi connectivity index (χ2v) is 6.30. The Hall–Kier alpha value is -3.49. The lowest BCUT2D eigenvalue weighted by Gasteiger charge is -2.23. The number of nitrogens with one attached hydrogen (secondary N) is 1. The lowest BCUT2D eigenvalue weighted by atomic mass is 10.2. The van der Waals surface area contributed by atoms with Crippen LogP contribution in [0.15, 0.2) is 48.5 Å². The number of amides is 2. The number of hydrogen-bond acceptors (Lipinski definition) is 5. The van der Waals surface area contributed by atoms with Crippen molar-refractivity contribution >= 4 is 23.4 Å². The SMILES string of the molecule is O=C(Nc1cc([N+](=O)[O-])ccc1F)[C@@H]1CCCN1C(=O)OCc1ccccc1. The molecule has 1 heterocycles. The summed E-state index contributed by atoms with van der Waals surface area (Å²) in [5, 5.41) is 13.2. The van der Waals surface area contributed by atoms with Crippen LogP contribution < -0.4 is 5.32 Å². The Kier molecular flexibility index (Phi) is 5.83. The highest BCUT2D eigenvalue weighted by Gasteiger charge is 2.35. The van der Waals surface area contributed by atoms with Crippen molar-refractivity contribution in [3.8, 4) is 0 Å². The Morgan fingerprint density at radius 3 is 2.71 bits per heavy atom. The standard InChI is InChI=1S/C19H18FN3O5/c20-15-9-8-14(23(26)27)11-16(15)21-18(24)17-7-4-10-22(17)19(25)28-12-13-5-2-1-3-6-13/h1-3,5-6,8-9,11,17H,4,7,10,12H2,(H,21,24)/t17-/m0/s1. The molecule has 9 heteroatoms. The van der Waals surface area contributed by atoms with Crippen LogP contribution in [0.2, 0.25) is 0 Å². The first kappa shape index (κ1) is 19.3. The molecule has 1 fully saturated rings. The molecule has 146 valence electrons. The zero-order chi connectivity index (χ0) is 20.1. The average Bonchev–Trinajstić information content (AvgIpc) is 3.18. The molecule has 8 nitrogen and oxygen atoms in total. The number of nitro groups is 1. The number of likely N-dealkylation sites (tertiary alicyclic amines) is 1. The number of nitrogens with zero attached hydrogens (tertiary/aromatic N) is 2. The van der Waals surface area contributed by atoms with Crippen LogP contribution in [-0.2, 0) is 16.1 Å². The fourth-order valence-electron chi connectivity index (χ4n) is 3.00. The van der Waals surface area contributed by atoms with Gasteiger partial charge in [0.1, 0.15) is 18.5 Å². The summed E-state index contributed by atoms with van der Waals surface area (Å²) in [7, 11) is 0. The summed E-state index contributed by atoms with van der Waals surface area (Å²) in [6.45, 7) is 0.410. The second kappa shape index (κ2) is 8.47. The van der Waals surface area contributed by atoms with Crippen molar-refractivity contribution in [3.05, 3.63) is 70.0 Å². The Balaban J connectivity index is 1.65. The van der Waals surface area contributed by atoms with Gasteiger partial charge in [0.2, 0.25) is 5.91 Å². The Bertz CT molecular complexity index is 890. The minimum Gasteiger partial charge on any atom is -0.445 e. The van der Waals surface area contributed by atoms with E-state index >= 15 is 0 Å². The molecular weight excluding hydrogens is 369 g/mol. The number of anilines is 1. The van der Waals surface area contributed by atoms with Crippen molar-refractivity contribution < 1.29 is 23.6 Å². The number of carbonyl (C=O) groups is 2. The van der Waals surface area contributed by atoms with Gasteiger partial charge in [0.25, 0.3) is 5.69 Å². The number of carbonyl (C=O) groups excluding carboxylic acids is 2. The van der Waals surface area contributed by atoms with E-state index in [4.69, 9.17) is 4.74 Å². The molecule has 1 atom stereocenters. The molecule has 1 N–H and O–H groups in total. The van der Waals surface area contributed by atoms with E-state index in [2.05, 4.69) is 5.32 Å². The van der Waals surface area contributed by atoms with Gasteiger partial charge in [-0.05, 0) is 24.5 Å². The van der Waals surface area contributed by atoms with E-state index in [1.807, 2.05) is 30.3 Å². The van der Waals surface area contributed by atoms with Gasteiger partial charge in [0.15, 0.2) is 0 Å². The van der Waals surface area contributed by atoms with Crippen molar-refractivity contribution in [2.24, 2.45) is 0 Å². The first-order valence-electron chi connectivity index (χ1n) is 8.68. The van der Waals surface area contributed by atoms with E-state index < -0.39 is 28.8 Å². The third-order valence-corrected chi connectivity index (χ3v) is 4.41. The van der Waals surface area contributed by atoms with E-state index in [0.717, 1.165) is 23.8 Å². The molecule has 0 saturated carbocycles. The van der Waals surface area contributed by atoms with E-state index in [0.29, 0.717) is 19.4 Å². The van der Waals surface area contributed by atoms with Crippen LogP contribution in [0.5, 0.6) is 0 Å². The van der Waals surface area contributed by atoms with Gasteiger partial charge < -0.3 is 10.1 Å². The maximum absolute atomic E-state index is 13.9. The lowest BCUT2D eigenvalue weighted by molar-refractivity contribution is -0.384. The highest BCUT2D eigenvalue weighted by molar-refractivity contribution is 5.97. The van der Waals surface area contributed by atoms with Gasteiger partial charge >= 0.3 is 6.09 Å². The zero-order valence-corrected chi connectivity index (χ0v) is 14.8.